The lowest BCUT2D eigenvalue weighted by Crippen LogP contribution is -2.12. The Morgan fingerprint density at radius 2 is 1.88 bits per heavy atom. The number of ketones is 1. The second-order valence-corrected chi connectivity index (χ2v) is 8.22. The van der Waals surface area contributed by atoms with Gasteiger partial charge in [0, 0.05) is 28.6 Å². The first kappa shape index (κ1) is 22.2. The molecule has 2 aromatic heterocycles. The van der Waals surface area contributed by atoms with Crippen molar-refractivity contribution in [2.45, 2.75) is 13.3 Å². The summed E-state index contributed by atoms with van der Waals surface area (Å²) in [5.41, 5.74) is 0.0288. The smallest absolute Gasteiger partial charge is 0.217 e. The van der Waals surface area contributed by atoms with Crippen LogP contribution < -0.4 is 4.72 Å². The Hall–Kier alpha value is -3.04. The molecule has 0 saturated carbocycles. The summed E-state index contributed by atoms with van der Waals surface area (Å²) < 4.78 is 46.2. The number of pyridine rings is 1. The summed E-state index contributed by atoms with van der Waals surface area (Å²) in [4.78, 5) is 17.3. The van der Waals surface area contributed by atoms with Crippen molar-refractivity contribution in [2.75, 3.05) is 10.5 Å². The molecular formula is C22H16ClF3N4OS. The molecule has 4 aromatic rings. The molecule has 5 nitrogen and oxygen atoms in total. The normalized spacial score (nSPS) is 11.2. The van der Waals surface area contributed by atoms with Crippen LogP contribution in [0.25, 0.3) is 22.2 Å². The molecule has 0 unspecified atom stereocenters. The van der Waals surface area contributed by atoms with Gasteiger partial charge in [0.25, 0.3) is 0 Å². The third-order valence-corrected chi connectivity index (χ3v) is 5.90. The molecule has 0 aliphatic carbocycles. The molecule has 164 valence electrons. The van der Waals surface area contributed by atoms with E-state index >= 15 is 4.39 Å². The second kappa shape index (κ2) is 9.22. The van der Waals surface area contributed by atoms with E-state index < -0.39 is 34.5 Å². The zero-order chi connectivity index (χ0) is 22.8. The Bertz CT molecular complexity index is 1310. The Morgan fingerprint density at radius 3 is 2.59 bits per heavy atom. The van der Waals surface area contributed by atoms with E-state index in [-0.39, 0.29) is 16.7 Å². The van der Waals surface area contributed by atoms with Gasteiger partial charge < -0.3 is 4.72 Å². The zero-order valence-corrected chi connectivity index (χ0v) is 18.3. The van der Waals surface area contributed by atoms with Gasteiger partial charge in [0.1, 0.15) is 17.2 Å². The number of nitrogens with one attached hydrogen (secondary N) is 2. The van der Waals surface area contributed by atoms with Crippen molar-refractivity contribution >= 4 is 46.1 Å². The van der Waals surface area contributed by atoms with Crippen molar-refractivity contribution in [1.29, 1.82) is 0 Å². The van der Waals surface area contributed by atoms with Crippen LogP contribution >= 0.6 is 23.5 Å². The minimum Gasteiger partial charge on any atom is -0.325 e. The molecule has 0 saturated heterocycles. The topological polar surface area (TPSA) is 70.7 Å². The van der Waals surface area contributed by atoms with Crippen molar-refractivity contribution in [3.05, 3.63) is 76.3 Å². The zero-order valence-electron chi connectivity index (χ0n) is 16.7. The maximum Gasteiger partial charge on any atom is 0.217 e. The van der Waals surface area contributed by atoms with Crippen molar-refractivity contribution < 1.29 is 18.0 Å². The average molecular weight is 477 g/mol. The molecule has 0 fully saturated rings. The second-order valence-electron chi connectivity index (χ2n) is 6.88. The molecule has 32 heavy (non-hydrogen) atoms. The molecule has 0 bridgehead atoms. The number of aromatic nitrogens is 3. The van der Waals surface area contributed by atoms with E-state index in [0.29, 0.717) is 22.4 Å². The minimum absolute atomic E-state index is 0.153. The predicted molar refractivity (Wildman–Crippen MR) is 120 cm³/mol. The molecule has 4 rings (SSSR count). The standard InChI is InChI=1S/C22H16ClF3N4OS/c1-2-7-32-30-20-16(25)9-15(24)17(18(20)26)21(31)19-14-8-12(10-27-22(14)29-28-19)11-3-5-13(23)6-4-11/h3-6,8-10,30H,2,7H2,1H3,(H,27,28,29). The van der Waals surface area contributed by atoms with Crippen molar-refractivity contribution in [2.24, 2.45) is 0 Å². The number of nitrogens with zero attached hydrogens (tertiary/aromatic N) is 2. The third-order valence-electron chi connectivity index (χ3n) is 4.69. The average Bonchev–Trinajstić information content (AvgIpc) is 3.19. The van der Waals surface area contributed by atoms with Gasteiger partial charge in [0.2, 0.25) is 5.78 Å². The summed E-state index contributed by atoms with van der Waals surface area (Å²) in [7, 11) is 0. The summed E-state index contributed by atoms with van der Waals surface area (Å²) >= 11 is 6.98. The van der Waals surface area contributed by atoms with E-state index in [4.69, 9.17) is 11.6 Å². The van der Waals surface area contributed by atoms with Crippen LogP contribution in [0, 0.1) is 17.5 Å². The highest BCUT2D eigenvalue weighted by molar-refractivity contribution is 8.00. The number of carbonyl (C=O) groups excluding carboxylic acids is 1. The molecule has 0 spiro atoms. The molecule has 0 aliphatic rings. The highest BCUT2D eigenvalue weighted by atomic mass is 35.5. The molecule has 2 N–H and O–H groups in total. The van der Waals surface area contributed by atoms with Crippen LogP contribution in [0.2, 0.25) is 5.02 Å². The highest BCUT2D eigenvalue weighted by Crippen LogP contribution is 2.31. The lowest BCUT2D eigenvalue weighted by Gasteiger charge is -2.11. The molecule has 0 amide bonds. The van der Waals surface area contributed by atoms with E-state index in [1.807, 2.05) is 6.92 Å². The number of fused-ring (bicyclic) bond motifs is 1. The first-order valence-electron chi connectivity index (χ1n) is 9.60. The van der Waals surface area contributed by atoms with Gasteiger partial charge in [-0.2, -0.15) is 5.10 Å². The molecule has 10 heteroatoms. The number of aromatic amines is 1. The maximum absolute atomic E-state index is 15.0. The Morgan fingerprint density at radius 1 is 1.12 bits per heavy atom. The van der Waals surface area contributed by atoms with Gasteiger partial charge in [0.15, 0.2) is 17.3 Å². The lowest BCUT2D eigenvalue weighted by atomic mass is 10.0. The van der Waals surface area contributed by atoms with Gasteiger partial charge in [-0.05, 0) is 30.2 Å². The number of benzene rings is 2. The van der Waals surface area contributed by atoms with Crippen molar-refractivity contribution in [1.82, 2.24) is 15.2 Å². The molecular weight excluding hydrogens is 461 g/mol. The largest absolute Gasteiger partial charge is 0.325 e. The van der Waals surface area contributed by atoms with Crippen LogP contribution in [0.15, 0.2) is 42.6 Å². The van der Waals surface area contributed by atoms with E-state index in [2.05, 4.69) is 19.9 Å². The monoisotopic (exact) mass is 476 g/mol. The SMILES string of the molecule is CCCSNc1c(F)cc(F)c(C(=O)c2[nH]nc3ncc(-c4ccc(Cl)cc4)cc23)c1F. The van der Waals surface area contributed by atoms with Crippen LogP contribution in [-0.4, -0.2) is 26.7 Å². The van der Waals surface area contributed by atoms with E-state index in [0.717, 1.165) is 23.9 Å². The van der Waals surface area contributed by atoms with Gasteiger partial charge in [-0.25, -0.2) is 18.2 Å². The molecule has 0 atom stereocenters. The Balaban J connectivity index is 1.78. The number of rotatable bonds is 7. The highest BCUT2D eigenvalue weighted by Gasteiger charge is 2.27. The molecule has 2 aromatic carbocycles. The van der Waals surface area contributed by atoms with E-state index in [1.54, 1.807) is 36.5 Å². The number of H-pyrrole nitrogens is 1. The summed E-state index contributed by atoms with van der Waals surface area (Å²) in [6, 6.07) is 9.09. The van der Waals surface area contributed by atoms with Gasteiger partial charge in [-0.15, -0.1) is 0 Å². The number of hydrogen-bond donors (Lipinski definition) is 2. The Kier molecular flexibility index (Phi) is 6.38. The molecule has 2 heterocycles. The summed E-state index contributed by atoms with van der Waals surface area (Å²) in [6.07, 6.45) is 2.32. The van der Waals surface area contributed by atoms with Gasteiger partial charge in [-0.1, -0.05) is 42.6 Å². The van der Waals surface area contributed by atoms with Crippen LogP contribution in [0.5, 0.6) is 0 Å². The predicted octanol–water partition coefficient (Wildman–Crippen LogP) is 6.40. The number of halogens is 4. The van der Waals surface area contributed by atoms with Gasteiger partial charge in [-0.3, -0.25) is 9.89 Å². The van der Waals surface area contributed by atoms with Gasteiger partial charge >= 0.3 is 0 Å². The van der Waals surface area contributed by atoms with E-state index in [9.17, 15) is 13.6 Å². The molecule has 0 radical (unpaired) electrons. The van der Waals surface area contributed by atoms with Crippen LogP contribution in [0.4, 0.5) is 18.9 Å². The summed E-state index contributed by atoms with van der Waals surface area (Å²) in [5.74, 6) is -4.16. The van der Waals surface area contributed by atoms with E-state index in [1.165, 1.54) is 0 Å². The third kappa shape index (κ3) is 4.18. The fourth-order valence-electron chi connectivity index (χ4n) is 3.12. The Labute approximate surface area is 190 Å². The number of hydrogen-bond acceptors (Lipinski definition) is 5. The van der Waals surface area contributed by atoms with Crippen LogP contribution in [0.3, 0.4) is 0 Å². The molecule has 0 aliphatic heterocycles. The number of carbonyl (C=O) groups is 1. The first-order valence-corrected chi connectivity index (χ1v) is 11.0. The lowest BCUT2D eigenvalue weighted by molar-refractivity contribution is 0.102. The number of anilines is 1. The maximum atomic E-state index is 15.0. The summed E-state index contributed by atoms with van der Waals surface area (Å²) in [6.45, 7) is 1.90. The fourth-order valence-corrected chi connectivity index (χ4v) is 3.88. The quantitative estimate of drug-likeness (QED) is 0.183. The fraction of sp³-hybridized carbons (Fsp3) is 0.136. The van der Waals surface area contributed by atoms with Crippen molar-refractivity contribution in [3.8, 4) is 11.1 Å². The van der Waals surface area contributed by atoms with Crippen molar-refractivity contribution in [3.63, 3.8) is 0 Å². The van der Waals surface area contributed by atoms with Crippen LogP contribution in [-0.2, 0) is 0 Å². The minimum atomic E-state index is -1.30. The van der Waals surface area contributed by atoms with Gasteiger partial charge in [0.05, 0.1) is 10.9 Å². The summed E-state index contributed by atoms with van der Waals surface area (Å²) in [5, 5.41) is 7.30. The first-order chi connectivity index (χ1) is 15.4. The van der Waals surface area contributed by atoms with Crippen LogP contribution in [0.1, 0.15) is 29.4 Å².